The third-order valence-corrected chi connectivity index (χ3v) is 4.40. The summed E-state index contributed by atoms with van der Waals surface area (Å²) in [5, 5.41) is 6.93. The van der Waals surface area contributed by atoms with Crippen LogP contribution in [-0.4, -0.2) is 31.9 Å². The average Bonchev–Trinajstić information content (AvgIpc) is 2.74. The molecule has 0 amide bonds. The van der Waals surface area contributed by atoms with Gasteiger partial charge in [-0.15, -0.1) is 0 Å². The zero-order chi connectivity index (χ0) is 13.0. The lowest BCUT2D eigenvalue weighted by Gasteiger charge is -2.23. The van der Waals surface area contributed by atoms with E-state index in [0.29, 0.717) is 5.76 Å². The van der Waals surface area contributed by atoms with Gasteiger partial charge in [-0.25, -0.2) is 13.1 Å². The van der Waals surface area contributed by atoms with E-state index >= 15 is 0 Å². The summed E-state index contributed by atoms with van der Waals surface area (Å²) >= 11 is 0. The van der Waals surface area contributed by atoms with Crippen molar-refractivity contribution in [2.75, 3.05) is 12.3 Å². The Morgan fingerprint density at radius 3 is 3.00 bits per heavy atom. The lowest BCUT2D eigenvalue weighted by molar-refractivity contribution is 0.376. The van der Waals surface area contributed by atoms with Crippen LogP contribution < -0.4 is 10.0 Å². The molecule has 1 atom stereocenters. The maximum atomic E-state index is 11.9. The van der Waals surface area contributed by atoms with E-state index in [9.17, 15) is 8.42 Å². The lowest BCUT2D eigenvalue weighted by Crippen LogP contribution is -2.42. The molecule has 0 aliphatic carbocycles. The summed E-state index contributed by atoms with van der Waals surface area (Å²) in [6.45, 7) is 2.87. The fourth-order valence-electron chi connectivity index (χ4n) is 2.07. The Hall–Kier alpha value is -0.920. The van der Waals surface area contributed by atoms with E-state index in [2.05, 4.69) is 15.2 Å². The summed E-state index contributed by atoms with van der Waals surface area (Å²) in [6.07, 6.45) is 3.14. The van der Waals surface area contributed by atoms with E-state index < -0.39 is 10.0 Å². The molecule has 0 spiro atoms. The molecule has 2 heterocycles. The minimum absolute atomic E-state index is 0.0627. The van der Waals surface area contributed by atoms with Crippen molar-refractivity contribution in [2.45, 2.75) is 38.8 Å². The van der Waals surface area contributed by atoms with Crippen LogP contribution in [0.15, 0.2) is 10.6 Å². The fraction of sp³-hybridized carbons (Fsp3) is 0.727. The third-order valence-electron chi connectivity index (χ3n) is 2.98. The molecule has 1 saturated heterocycles. The van der Waals surface area contributed by atoms with Crippen molar-refractivity contribution in [1.29, 1.82) is 0 Å². The predicted molar refractivity (Wildman–Crippen MR) is 67.5 cm³/mol. The van der Waals surface area contributed by atoms with E-state index in [4.69, 9.17) is 4.52 Å². The molecular weight excluding hydrogens is 254 g/mol. The molecule has 0 radical (unpaired) electrons. The second kappa shape index (κ2) is 5.81. The third kappa shape index (κ3) is 4.08. The molecule has 1 fully saturated rings. The molecule has 1 aromatic heterocycles. The first kappa shape index (κ1) is 13.5. The number of aryl methyl sites for hydroxylation is 1. The van der Waals surface area contributed by atoms with Gasteiger partial charge in [0.05, 0.1) is 18.0 Å². The topological polar surface area (TPSA) is 84.2 Å². The van der Waals surface area contributed by atoms with Crippen LogP contribution in [0.25, 0.3) is 0 Å². The van der Waals surface area contributed by atoms with Crippen LogP contribution in [0.3, 0.4) is 0 Å². The summed E-state index contributed by atoms with van der Waals surface area (Å²) in [5.41, 5.74) is 0.748. The summed E-state index contributed by atoms with van der Waals surface area (Å²) < 4.78 is 31.2. The molecule has 2 rings (SSSR count). The van der Waals surface area contributed by atoms with E-state index in [1.807, 2.05) is 0 Å². The normalized spacial score (nSPS) is 21.1. The number of piperidine rings is 1. The molecule has 1 aliphatic rings. The van der Waals surface area contributed by atoms with Gasteiger partial charge in [-0.05, 0) is 26.3 Å². The molecule has 0 saturated carbocycles. The molecule has 0 aromatic carbocycles. The number of sulfonamides is 1. The highest BCUT2D eigenvalue weighted by Gasteiger charge is 2.20. The number of aromatic nitrogens is 1. The summed E-state index contributed by atoms with van der Waals surface area (Å²) in [7, 11) is -3.27. The van der Waals surface area contributed by atoms with Crippen molar-refractivity contribution in [1.82, 2.24) is 15.2 Å². The zero-order valence-corrected chi connectivity index (χ0v) is 11.3. The Labute approximate surface area is 107 Å². The van der Waals surface area contributed by atoms with Crippen molar-refractivity contribution in [2.24, 2.45) is 0 Å². The lowest BCUT2D eigenvalue weighted by atomic mass is 10.1. The van der Waals surface area contributed by atoms with Gasteiger partial charge in [0.15, 0.2) is 5.76 Å². The molecule has 7 heteroatoms. The predicted octanol–water partition coefficient (Wildman–Crippen LogP) is 0.545. The van der Waals surface area contributed by atoms with Gasteiger partial charge in [-0.3, -0.25) is 0 Å². The van der Waals surface area contributed by atoms with Crippen LogP contribution in [0, 0.1) is 6.92 Å². The summed E-state index contributed by atoms with van der Waals surface area (Å²) in [5.74, 6) is 0.660. The second-order valence-corrected chi connectivity index (χ2v) is 6.54. The maximum absolute atomic E-state index is 11.9. The van der Waals surface area contributed by atoms with E-state index in [1.165, 1.54) is 0 Å². The highest BCUT2D eigenvalue weighted by molar-refractivity contribution is 7.89. The smallest absolute Gasteiger partial charge is 0.213 e. The van der Waals surface area contributed by atoms with Gasteiger partial charge in [-0.2, -0.15) is 0 Å². The number of hydrogen-bond donors (Lipinski definition) is 2. The first-order valence-electron chi connectivity index (χ1n) is 6.18. The SMILES string of the molecule is Cc1cc(CNS(=O)(=O)CC2CCCCN2)on1. The Morgan fingerprint density at radius 1 is 1.56 bits per heavy atom. The van der Waals surface area contributed by atoms with Crippen LogP contribution in [-0.2, 0) is 16.6 Å². The number of nitrogens with one attached hydrogen (secondary N) is 2. The monoisotopic (exact) mass is 273 g/mol. The van der Waals surface area contributed by atoms with Crippen molar-refractivity contribution >= 4 is 10.0 Å². The highest BCUT2D eigenvalue weighted by atomic mass is 32.2. The molecule has 6 nitrogen and oxygen atoms in total. The molecule has 0 bridgehead atoms. The van der Waals surface area contributed by atoms with Crippen molar-refractivity contribution in [3.63, 3.8) is 0 Å². The Balaban J connectivity index is 1.83. The van der Waals surface area contributed by atoms with Crippen LogP contribution in [0.4, 0.5) is 0 Å². The van der Waals surface area contributed by atoms with Crippen LogP contribution in [0.5, 0.6) is 0 Å². The van der Waals surface area contributed by atoms with Crippen molar-refractivity contribution < 1.29 is 12.9 Å². The minimum Gasteiger partial charge on any atom is -0.360 e. The van der Waals surface area contributed by atoms with Crippen LogP contribution in [0.2, 0.25) is 0 Å². The Bertz CT molecular complexity index is 477. The minimum atomic E-state index is -3.27. The van der Waals surface area contributed by atoms with E-state index in [0.717, 1.165) is 31.5 Å². The fourth-order valence-corrected chi connectivity index (χ4v) is 3.36. The molecule has 1 unspecified atom stereocenters. The van der Waals surface area contributed by atoms with Gasteiger partial charge in [-0.1, -0.05) is 11.6 Å². The van der Waals surface area contributed by atoms with Gasteiger partial charge >= 0.3 is 0 Å². The van der Waals surface area contributed by atoms with Crippen LogP contribution >= 0.6 is 0 Å². The van der Waals surface area contributed by atoms with Gasteiger partial charge in [0.2, 0.25) is 10.0 Å². The van der Waals surface area contributed by atoms with E-state index in [-0.39, 0.29) is 18.3 Å². The van der Waals surface area contributed by atoms with Crippen LogP contribution in [0.1, 0.15) is 30.7 Å². The molecule has 1 aliphatic heterocycles. The second-order valence-electron chi connectivity index (χ2n) is 4.68. The van der Waals surface area contributed by atoms with Crippen molar-refractivity contribution in [3.05, 3.63) is 17.5 Å². The quantitative estimate of drug-likeness (QED) is 0.818. The molecule has 102 valence electrons. The first-order valence-corrected chi connectivity index (χ1v) is 7.83. The standard InChI is InChI=1S/C11H19N3O3S/c1-9-6-11(17-14-9)7-13-18(15,16)8-10-4-2-3-5-12-10/h6,10,12-13H,2-5,7-8H2,1H3. The molecule has 2 N–H and O–H groups in total. The molecule has 1 aromatic rings. The first-order chi connectivity index (χ1) is 8.55. The summed E-state index contributed by atoms with van der Waals surface area (Å²) in [6, 6.07) is 1.79. The zero-order valence-electron chi connectivity index (χ0n) is 10.5. The van der Waals surface area contributed by atoms with Gasteiger partial charge < -0.3 is 9.84 Å². The van der Waals surface area contributed by atoms with Gasteiger partial charge in [0, 0.05) is 12.1 Å². The van der Waals surface area contributed by atoms with E-state index in [1.54, 1.807) is 13.0 Å². The number of nitrogens with zero attached hydrogens (tertiary/aromatic N) is 1. The average molecular weight is 273 g/mol. The van der Waals surface area contributed by atoms with Gasteiger partial charge in [0.25, 0.3) is 0 Å². The Kier molecular flexibility index (Phi) is 4.36. The Morgan fingerprint density at radius 2 is 2.39 bits per heavy atom. The molecular formula is C11H19N3O3S. The maximum Gasteiger partial charge on any atom is 0.213 e. The number of hydrogen-bond acceptors (Lipinski definition) is 5. The molecule has 18 heavy (non-hydrogen) atoms. The number of rotatable bonds is 5. The van der Waals surface area contributed by atoms with Crippen molar-refractivity contribution in [3.8, 4) is 0 Å². The highest BCUT2D eigenvalue weighted by Crippen LogP contribution is 2.09. The van der Waals surface area contributed by atoms with Gasteiger partial charge in [0.1, 0.15) is 0 Å². The largest absolute Gasteiger partial charge is 0.360 e. The summed E-state index contributed by atoms with van der Waals surface area (Å²) in [4.78, 5) is 0.